The van der Waals surface area contributed by atoms with Crippen molar-refractivity contribution in [3.05, 3.63) is 23.8 Å². The van der Waals surface area contributed by atoms with Crippen LogP contribution in [0.2, 0.25) is 0 Å². The molecule has 0 atom stereocenters. The average Bonchev–Trinajstić information content (AvgIpc) is 2.49. The monoisotopic (exact) mass is 314 g/mol. The van der Waals surface area contributed by atoms with Gasteiger partial charge in [0.25, 0.3) is 0 Å². The molecule has 3 N–H and O–H groups in total. The van der Waals surface area contributed by atoms with Crippen molar-refractivity contribution in [2.45, 2.75) is 51.0 Å². The fourth-order valence-corrected chi connectivity index (χ4v) is 3.02. The van der Waals surface area contributed by atoms with E-state index in [4.69, 9.17) is 10.5 Å². The predicted molar refractivity (Wildman–Crippen MR) is 84.8 cm³/mol. The van der Waals surface area contributed by atoms with Crippen molar-refractivity contribution >= 4 is 10.0 Å². The van der Waals surface area contributed by atoms with Crippen molar-refractivity contribution in [1.82, 2.24) is 4.72 Å². The third kappa shape index (κ3) is 5.65. The van der Waals surface area contributed by atoms with E-state index in [1.165, 1.54) is 0 Å². The molecule has 0 saturated carbocycles. The molecule has 0 spiro atoms. The van der Waals surface area contributed by atoms with E-state index >= 15 is 0 Å². The first-order valence-electron chi connectivity index (χ1n) is 7.50. The van der Waals surface area contributed by atoms with E-state index in [9.17, 15) is 8.42 Å². The molecule has 1 aromatic rings. The van der Waals surface area contributed by atoms with Crippen molar-refractivity contribution < 1.29 is 13.2 Å². The van der Waals surface area contributed by atoms with Crippen LogP contribution < -0.4 is 15.2 Å². The van der Waals surface area contributed by atoms with Gasteiger partial charge in [0.05, 0.1) is 11.5 Å². The summed E-state index contributed by atoms with van der Waals surface area (Å²) in [6.45, 7) is 5.40. The minimum atomic E-state index is -3.47. The first kappa shape index (κ1) is 17.9. The summed E-state index contributed by atoms with van der Waals surface area (Å²) < 4.78 is 32.6. The highest BCUT2D eigenvalue weighted by Crippen LogP contribution is 2.22. The first-order chi connectivity index (χ1) is 10.0. The van der Waals surface area contributed by atoms with Crippen LogP contribution in [0.4, 0.5) is 0 Å². The SMILES string of the molecule is CCCCCNS(=O)(=O)c1ccc(OCCC)c(CN)c1. The lowest BCUT2D eigenvalue weighted by molar-refractivity contribution is 0.314. The molecule has 1 rings (SSSR count). The molecule has 0 aromatic heterocycles. The average molecular weight is 314 g/mol. The van der Waals surface area contributed by atoms with Gasteiger partial charge in [0.1, 0.15) is 5.75 Å². The molecule has 0 radical (unpaired) electrons. The summed E-state index contributed by atoms with van der Waals surface area (Å²) in [6, 6.07) is 4.83. The van der Waals surface area contributed by atoms with Crippen molar-refractivity contribution in [2.24, 2.45) is 5.73 Å². The molecular formula is C15H26N2O3S. The van der Waals surface area contributed by atoms with E-state index in [1.54, 1.807) is 18.2 Å². The van der Waals surface area contributed by atoms with Gasteiger partial charge in [0, 0.05) is 18.7 Å². The molecule has 0 unspecified atom stereocenters. The van der Waals surface area contributed by atoms with E-state index in [-0.39, 0.29) is 11.4 Å². The Balaban J connectivity index is 2.82. The van der Waals surface area contributed by atoms with Crippen LogP contribution in [0.5, 0.6) is 5.75 Å². The summed E-state index contributed by atoms with van der Waals surface area (Å²) >= 11 is 0. The Hall–Kier alpha value is -1.11. The number of sulfonamides is 1. The zero-order valence-electron chi connectivity index (χ0n) is 12.9. The van der Waals surface area contributed by atoms with Crippen LogP contribution in [-0.2, 0) is 16.6 Å². The Bertz CT molecular complexity index is 530. The quantitative estimate of drug-likeness (QED) is 0.650. The maximum absolute atomic E-state index is 12.2. The molecule has 6 heteroatoms. The van der Waals surface area contributed by atoms with Crippen molar-refractivity contribution in [2.75, 3.05) is 13.2 Å². The molecule has 0 aliphatic rings. The molecule has 0 saturated heterocycles. The molecule has 5 nitrogen and oxygen atoms in total. The fourth-order valence-electron chi connectivity index (χ4n) is 1.90. The lowest BCUT2D eigenvalue weighted by Gasteiger charge is -2.12. The number of unbranched alkanes of at least 4 members (excludes halogenated alkanes) is 2. The van der Waals surface area contributed by atoms with Gasteiger partial charge in [-0.25, -0.2) is 13.1 Å². The van der Waals surface area contributed by atoms with E-state index < -0.39 is 10.0 Å². The van der Waals surface area contributed by atoms with Gasteiger partial charge in [-0.1, -0.05) is 26.7 Å². The Kier molecular flexibility index (Phi) is 7.71. The Labute approximate surface area is 127 Å². The molecule has 0 aliphatic carbocycles. The van der Waals surface area contributed by atoms with E-state index in [0.717, 1.165) is 25.7 Å². The third-order valence-corrected chi connectivity index (χ3v) is 4.55. The molecule has 0 amide bonds. The lowest BCUT2D eigenvalue weighted by atomic mass is 10.2. The maximum atomic E-state index is 12.2. The largest absolute Gasteiger partial charge is 0.493 e. The van der Waals surface area contributed by atoms with Crippen LogP contribution in [0.1, 0.15) is 45.1 Å². The zero-order valence-corrected chi connectivity index (χ0v) is 13.7. The summed E-state index contributed by atoms with van der Waals surface area (Å²) in [6.07, 6.45) is 3.81. The number of hydrogen-bond donors (Lipinski definition) is 2. The van der Waals surface area contributed by atoms with Gasteiger partial charge < -0.3 is 10.5 Å². The smallest absolute Gasteiger partial charge is 0.240 e. The third-order valence-electron chi connectivity index (χ3n) is 3.10. The van der Waals surface area contributed by atoms with Gasteiger partial charge >= 0.3 is 0 Å². The number of nitrogens with two attached hydrogens (primary N) is 1. The lowest BCUT2D eigenvalue weighted by Crippen LogP contribution is -2.25. The van der Waals surface area contributed by atoms with E-state index in [1.807, 2.05) is 6.92 Å². The number of hydrogen-bond acceptors (Lipinski definition) is 4. The van der Waals surface area contributed by atoms with Gasteiger partial charge in [-0.05, 0) is 31.0 Å². The van der Waals surface area contributed by atoms with Crippen LogP contribution in [0.25, 0.3) is 0 Å². The summed E-state index contributed by atoms with van der Waals surface area (Å²) in [5, 5.41) is 0. The van der Waals surface area contributed by atoms with Crippen LogP contribution in [0.3, 0.4) is 0 Å². The highest BCUT2D eigenvalue weighted by molar-refractivity contribution is 7.89. The van der Waals surface area contributed by atoms with Crippen LogP contribution in [0, 0.1) is 0 Å². The predicted octanol–water partition coefficient (Wildman–Crippen LogP) is 2.40. The van der Waals surface area contributed by atoms with Crippen LogP contribution >= 0.6 is 0 Å². The number of rotatable bonds is 10. The maximum Gasteiger partial charge on any atom is 0.240 e. The number of benzene rings is 1. The minimum Gasteiger partial charge on any atom is -0.493 e. The van der Waals surface area contributed by atoms with E-state index in [0.29, 0.717) is 24.5 Å². The Morgan fingerprint density at radius 1 is 1.19 bits per heavy atom. The van der Waals surface area contributed by atoms with Crippen LogP contribution in [0.15, 0.2) is 23.1 Å². The summed E-state index contributed by atoms with van der Waals surface area (Å²) in [4.78, 5) is 0.239. The molecule has 0 heterocycles. The molecule has 0 fully saturated rings. The first-order valence-corrected chi connectivity index (χ1v) is 8.99. The number of ether oxygens (including phenoxy) is 1. The second-order valence-corrected chi connectivity index (χ2v) is 6.69. The van der Waals surface area contributed by atoms with Gasteiger partial charge in [-0.2, -0.15) is 0 Å². The van der Waals surface area contributed by atoms with Gasteiger partial charge in [-0.3, -0.25) is 0 Å². The van der Waals surface area contributed by atoms with Crippen molar-refractivity contribution in [3.63, 3.8) is 0 Å². The Morgan fingerprint density at radius 2 is 1.95 bits per heavy atom. The molecule has 120 valence electrons. The molecule has 0 aliphatic heterocycles. The molecular weight excluding hydrogens is 288 g/mol. The normalized spacial score (nSPS) is 11.6. The van der Waals surface area contributed by atoms with Gasteiger partial charge in [0.2, 0.25) is 10.0 Å². The van der Waals surface area contributed by atoms with Gasteiger partial charge in [-0.15, -0.1) is 0 Å². The van der Waals surface area contributed by atoms with Crippen LogP contribution in [-0.4, -0.2) is 21.6 Å². The molecule has 21 heavy (non-hydrogen) atoms. The summed E-state index contributed by atoms with van der Waals surface area (Å²) in [5.74, 6) is 0.657. The topological polar surface area (TPSA) is 81.4 Å². The standard InChI is InChI=1S/C15H26N2O3S/c1-3-5-6-9-17-21(18,19)14-7-8-15(20-10-4-2)13(11-14)12-16/h7-8,11,17H,3-6,9-10,12,16H2,1-2H3. The molecule has 0 bridgehead atoms. The fraction of sp³-hybridized carbons (Fsp3) is 0.600. The molecule has 1 aromatic carbocycles. The zero-order chi connectivity index (χ0) is 15.7. The second kappa shape index (κ2) is 9.02. The highest BCUT2D eigenvalue weighted by Gasteiger charge is 2.15. The highest BCUT2D eigenvalue weighted by atomic mass is 32.2. The van der Waals surface area contributed by atoms with Crippen molar-refractivity contribution in [1.29, 1.82) is 0 Å². The number of nitrogens with one attached hydrogen (secondary N) is 1. The summed E-state index contributed by atoms with van der Waals surface area (Å²) in [5.41, 5.74) is 6.39. The summed E-state index contributed by atoms with van der Waals surface area (Å²) in [7, 11) is -3.47. The minimum absolute atomic E-state index is 0.239. The second-order valence-electron chi connectivity index (χ2n) is 4.93. The Morgan fingerprint density at radius 3 is 2.57 bits per heavy atom. The van der Waals surface area contributed by atoms with E-state index in [2.05, 4.69) is 11.6 Å². The van der Waals surface area contributed by atoms with Crippen molar-refractivity contribution in [3.8, 4) is 5.75 Å². The van der Waals surface area contributed by atoms with Gasteiger partial charge in [0.15, 0.2) is 0 Å².